The highest BCUT2D eigenvalue weighted by molar-refractivity contribution is 5.80. The van der Waals surface area contributed by atoms with E-state index in [1.807, 2.05) is 31.2 Å². The Hall–Kier alpha value is -1.55. The molecule has 4 nitrogen and oxygen atoms in total. The maximum absolute atomic E-state index is 11.8. The number of unbranched alkanes of at least 4 members (excludes halogenated alkanes) is 3. The van der Waals surface area contributed by atoms with E-state index in [-0.39, 0.29) is 12.5 Å². The largest absolute Gasteiger partial charge is 0.481 e. The molecule has 0 saturated carbocycles. The predicted octanol–water partition coefficient (Wildman–Crippen LogP) is 2.43. The Morgan fingerprint density at radius 2 is 1.85 bits per heavy atom. The molecule has 2 N–H and O–H groups in total. The Morgan fingerprint density at radius 1 is 1.20 bits per heavy atom. The molecule has 4 heteroatoms. The second kappa shape index (κ2) is 9.37. The van der Waals surface area contributed by atoms with Crippen molar-refractivity contribution < 1.29 is 14.6 Å². The van der Waals surface area contributed by atoms with E-state index >= 15 is 0 Å². The Labute approximate surface area is 121 Å². The molecule has 0 saturated heterocycles. The summed E-state index contributed by atoms with van der Waals surface area (Å²) >= 11 is 0. The van der Waals surface area contributed by atoms with Crippen molar-refractivity contribution in [2.75, 3.05) is 13.2 Å². The first-order valence-electron chi connectivity index (χ1n) is 7.25. The first-order chi connectivity index (χ1) is 9.63. The summed E-state index contributed by atoms with van der Waals surface area (Å²) in [6.45, 7) is 4.66. The van der Waals surface area contributed by atoms with Crippen molar-refractivity contribution in [3.05, 3.63) is 29.8 Å². The van der Waals surface area contributed by atoms with Crippen LogP contribution in [0.25, 0.3) is 0 Å². The number of amides is 1. The third-order valence-corrected chi connectivity index (χ3v) is 3.09. The molecule has 0 bridgehead atoms. The van der Waals surface area contributed by atoms with E-state index in [4.69, 9.17) is 9.84 Å². The van der Waals surface area contributed by atoms with Gasteiger partial charge >= 0.3 is 0 Å². The summed E-state index contributed by atoms with van der Waals surface area (Å²) in [5.74, 6) is 0.619. The number of nitrogens with one attached hydrogen (secondary N) is 1. The fraction of sp³-hybridized carbons (Fsp3) is 0.562. The molecule has 0 aliphatic rings. The Bertz CT molecular complexity index is 389. The van der Waals surface area contributed by atoms with Crippen molar-refractivity contribution >= 4 is 5.91 Å². The number of rotatable bonds is 9. The van der Waals surface area contributed by atoms with Crippen LogP contribution in [-0.2, 0) is 4.79 Å². The van der Waals surface area contributed by atoms with Gasteiger partial charge in [0.1, 0.15) is 5.75 Å². The van der Waals surface area contributed by atoms with Gasteiger partial charge in [0, 0.05) is 13.2 Å². The number of aryl methyl sites for hydroxylation is 1. The van der Waals surface area contributed by atoms with Crippen LogP contribution in [0.2, 0.25) is 0 Å². The highest BCUT2D eigenvalue weighted by Gasteiger charge is 2.13. The molecule has 1 unspecified atom stereocenters. The van der Waals surface area contributed by atoms with Gasteiger partial charge in [-0.1, -0.05) is 30.5 Å². The number of aliphatic hydroxyl groups is 1. The molecule has 0 spiro atoms. The number of ether oxygens (including phenoxy) is 1. The van der Waals surface area contributed by atoms with Crippen LogP contribution >= 0.6 is 0 Å². The highest BCUT2D eigenvalue weighted by Crippen LogP contribution is 2.13. The van der Waals surface area contributed by atoms with Crippen LogP contribution in [0.5, 0.6) is 5.75 Å². The number of hydrogen-bond donors (Lipinski definition) is 2. The molecule has 1 aromatic rings. The van der Waals surface area contributed by atoms with Gasteiger partial charge < -0.3 is 15.2 Å². The lowest BCUT2D eigenvalue weighted by molar-refractivity contribution is -0.127. The monoisotopic (exact) mass is 279 g/mol. The number of carbonyl (C=O) groups excluding carboxylic acids is 1. The molecular formula is C16H25NO3. The molecule has 0 aliphatic carbocycles. The second-order valence-electron chi connectivity index (χ2n) is 5.00. The normalized spacial score (nSPS) is 11.9. The molecule has 1 rings (SSSR count). The molecule has 1 aromatic carbocycles. The van der Waals surface area contributed by atoms with Gasteiger partial charge in [0.25, 0.3) is 5.91 Å². The standard InChI is InChI=1S/C16H25NO3/c1-13-7-9-15(10-8-13)20-14(2)16(19)17-11-5-3-4-6-12-18/h7-10,14,18H,3-6,11-12H2,1-2H3,(H,17,19). The smallest absolute Gasteiger partial charge is 0.260 e. The van der Waals surface area contributed by atoms with Crippen LogP contribution in [0, 0.1) is 6.92 Å². The SMILES string of the molecule is Cc1ccc(OC(C)C(=O)NCCCCCCO)cc1. The summed E-state index contributed by atoms with van der Waals surface area (Å²) in [5, 5.41) is 11.5. The first kappa shape index (κ1) is 16.5. The van der Waals surface area contributed by atoms with Gasteiger partial charge in [-0.05, 0) is 38.8 Å². The number of hydrogen-bond acceptors (Lipinski definition) is 3. The van der Waals surface area contributed by atoms with E-state index in [9.17, 15) is 4.79 Å². The fourth-order valence-corrected chi connectivity index (χ4v) is 1.82. The molecule has 0 aromatic heterocycles. The van der Waals surface area contributed by atoms with Crippen LogP contribution < -0.4 is 10.1 Å². The zero-order chi connectivity index (χ0) is 14.8. The predicted molar refractivity (Wildman–Crippen MR) is 79.8 cm³/mol. The van der Waals surface area contributed by atoms with Gasteiger partial charge in [-0.3, -0.25) is 4.79 Å². The number of carbonyl (C=O) groups is 1. The first-order valence-corrected chi connectivity index (χ1v) is 7.25. The van der Waals surface area contributed by atoms with Crippen LogP contribution in [-0.4, -0.2) is 30.3 Å². The van der Waals surface area contributed by atoms with Gasteiger partial charge in [0.05, 0.1) is 0 Å². The Morgan fingerprint density at radius 3 is 2.50 bits per heavy atom. The summed E-state index contributed by atoms with van der Waals surface area (Å²) in [5.41, 5.74) is 1.16. The summed E-state index contributed by atoms with van der Waals surface area (Å²) < 4.78 is 5.58. The lowest BCUT2D eigenvalue weighted by Crippen LogP contribution is -2.36. The zero-order valence-corrected chi connectivity index (χ0v) is 12.4. The second-order valence-corrected chi connectivity index (χ2v) is 5.00. The Kier molecular flexibility index (Phi) is 7.73. The van der Waals surface area contributed by atoms with Crippen molar-refractivity contribution in [3.63, 3.8) is 0 Å². The Balaban J connectivity index is 2.20. The van der Waals surface area contributed by atoms with E-state index in [2.05, 4.69) is 5.32 Å². The minimum atomic E-state index is -0.491. The van der Waals surface area contributed by atoms with Crippen LogP contribution in [0.3, 0.4) is 0 Å². The summed E-state index contributed by atoms with van der Waals surface area (Å²) in [6.07, 6.45) is 3.30. The topological polar surface area (TPSA) is 58.6 Å². The molecule has 0 heterocycles. The fourth-order valence-electron chi connectivity index (χ4n) is 1.82. The molecular weight excluding hydrogens is 254 g/mol. The van der Waals surface area contributed by atoms with E-state index in [1.54, 1.807) is 6.92 Å². The van der Waals surface area contributed by atoms with Gasteiger partial charge in [0.2, 0.25) is 0 Å². The minimum Gasteiger partial charge on any atom is -0.481 e. The maximum Gasteiger partial charge on any atom is 0.260 e. The van der Waals surface area contributed by atoms with Crippen molar-refractivity contribution in [3.8, 4) is 5.75 Å². The third kappa shape index (κ3) is 6.57. The van der Waals surface area contributed by atoms with Gasteiger partial charge in [0.15, 0.2) is 6.10 Å². The zero-order valence-electron chi connectivity index (χ0n) is 12.4. The lowest BCUT2D eigenvalue weighted by atomic mass is 10.2. The van der Waals surface area contributed by atoms with E-state index in [1.165, 1.54) is 0 Å². The average Bonchev–Trinajstić information content (AvgIpc) is 2.45. The molecule has 1 atom stereocenters. The molecule has 0 radical (unpaired) electrons. The van der Waals surface area contributed by atoms with Gasteiger partial charge in [-0.25, -0.2) is 0 Å². The number of benzene rings is 1. The molecule has 112 valence electrons. The van der Waals surface area contributed by atoms with E-state index < -0.39 is 6.10 Å². The molecule has 1 amide bonds. The lowest BCUT2D eigenvalue weighted by Gasteiger charge is -2.14. The summed E-state index contributed by atoms with van der Waals surface area (Å²) in [4.78, 5) is 11.8. The van der Waals surface area contributed by atoms with Gasteiger partial charge in [-0.15, -0.1) is 0 Å². The summed E-state index contributed by atoms with van der Waals surface area (Å²) in [7, 11) is 0. The van der Waals surface area contributed by atoms with Crippen molar-refractivity contribution in [2.45, 2.75) is 45.6 Å². The van der Waals surface area contributed by atoms with Crippen LogP contribution in [0.4, 0.5) is 0 Å². The quantitative estimate of drug-likeness (QED) is 0.683. The van der Waals surface area contributed by atoms with E-state index in [0.717, 1.165) is 31.2 Å². The molecule has 20 heavy (non-hydrogen) atoms. The van der Waals surface area contributed by atoms with Gasteiger partial charge in [-0.2, -0.15) is 0 Å². The average molecular weight is 279 g/mol. The minimum absolute atomic E-state index is 0.0901. The highest BCUT2D eigenvalue weighted by atomic mass is 16.5. The van der Waals surface area contributed by atoms with Crippen LogP contribution in [0.1, 0.15) is 38.2 Å². The summed E-state index contributed by atoms with van der Waals surface area (Å²) in [6, 6.07) is 7.66. The number of aliphatic hydroxyl groups excluding tert-OH is 1. The van der Waals surface area contributed by atoms with Crippen molar-refractivity contribution in [1.29, 1.82) is 0 Å². The maximum atomic E-state index is 11.8. The van der Waals surface area contributed by atoms with Crippen LogP contribution in [0.15, 0.2) is 24.3 Å². The molecule has 0 aliphatic heterocycles. The van der Waals surface area contributed by atoms with E-state index in [0.29, 0.717) is 12.3 Å². The van der Waals surface area contributed by atoms with Crippen molar-refractivity contribution in [2.24, 2.45) is 0 Å². The third-order valence-electron chi connectivity index (χ3n) is 3.09. The van der Waals surface area contributed by atoms with Crippen molar-refractivity contribution in [1.82, 2.24) is 5.32 Å². The molecule has 0 fully saturated rings.